The first-order valence-electron chi connectivity index (χ1n) is 3.93. The summed E-state index contributed by atoms with van der Waals surface area (Å²) in [5.41, 5.74) is 0.926. The number of fused-ring (bicyclic) bond motifs is 1. The van der Waals surface area contributed by atoms with Crippen molar-refractivity contribution >= 4 is 32.8 Å². The van der Waals surface area contributed by atoms with Gasteiger partial charge in [0, 0.05) is 16.1 Å². The molecule has 0 saturated carbocycles. The van der Waals surface area contributed by atoms with Gasteiger partial charge in [0.05, 0.1) is 11.5 Å². The number of hydrogen-bond donors (Lipinski definition) is 0. The normalized spacial score (nSPS) is 9.67. The number of nitrogens with zero attached hydrogens (tertiary/aromatic N) is 1. The predicted molar refractivity (Wildman–Crippen MR) is 53.8 cm³/mol. The molecule has 0 unspecified atom stereocenters. The van der Waals surface area contributed by atoms with Gasteiger partial charge in [-0.3, -0.25) is 4.98 Å². The third-order valence-corrected chi connectivity index (χ3v) is 2.32. The second kappa shape index (κ2) is 4.80. The van der Waals surface area contributed by atoms with Crippen LogP contribution in [0.1, 0.15) is 10.4 Å². The average molecular weight is 258 g/mol. The fourth-order valence-corrected chi connectivity index (χ4v) is 1.58. The van der Waals surface area contributed by atoms with Crippen LogP contribution in [-0.4, -0.2) is 11.0 Å². The molecule has 0 radical (unpaired) electrons. The monoisotopic (exact) mass is 257 g/mol. The van der Waals surface area contributed by atoms with Crippen molar-refractivity contribution < 1.29 is 28.8 Å². The number of halogens is 1. The smallest absolute Gasteiger partial charge is 0.545 e. The minimum Gasteiger partial charge on any atom is -0.545 e. The van der Waals surface area contributed by atoms with Crippen molar-refractivity contribution in [1.82, 2.24) is 4.98 Å². The summed E-state index contributed by atoms with van der Waals surface area (Å²) >= 11 is 3.27. The molecular weight excluding hydrogens is 253 g/mol. The van der Waals surface area contributed by atoms with Crippen LogP contribution in [-0.2, 0) is 0 Å². The van der Waals surface area contributed by atoms with Crippen LogP contribution in [0.4, 0.5) is 0 Å². The third kappa shape index (κ3) is 2.60. The molecule has 1 aromatic carbocycles. The molecule has 1 heterocycles. The van der Waals surface area contributed by atoms with Crippen LogP contribution >= 0.6 is 15.9 Å². The molecule has 3 nitrogen and oxygen atoms in total. The second-order valence-corrected chi connectivity index (χ2v) is 3.76. The molecule has 0 aliphatic rings. The van der Waals surface area contributed by atoms with E-state index >= 15 is 0 Å². The molecule has 0 aliphatic carbocycles. The Balaban J connectivity index is 0.00000112. The van der Waals surface area contributed by atoms with Gasteiger partial charge >= 0.3 is 18.9 Å². The molecule has 15 heavy (non-hydrogen) atoms. The number of carboxylic acids is 1. The SMILES string of the molecule is O=C([O-])c1ccc2ncc(Br)cc2c1.[Li+]. The van der Waals surface area contributed by atoms with E-state index < -0.39 is 5.97 Å². The number of carboxylic acid groups (broad SMARTS) is 1. The Hall–Kier alpha value is -0.823. The van der Waals surface area contributed by atoms with Gasteiger partial charge in [-0.25, -0.2) is 0 Å². The van der Waals surface area contributed by atoms with E-state index in [1.54, 1.807) is 18.3 Å². The first-order valence-corrected chi connectivity index (χ1v) is 4.73. The van der Waals surface area contributed by atoms with Gasteiger partial charge in [0.15, 0.2) is 0 Å². The maximum Gasteiger partial charge on any atom is 1.00 e. The third-order valence-electron chi connectivity index (χ3n) is 1.88. The molecule has 0 N–H and O–H groups in total. The number of hydrogen-bond acceptors (Lipinski definition) is 3. The van der Waals surface area contributed by atoms with E-state index in [2.05, 4.69) is 20.9 Å². The average Bonchev–Trinajstić information content (AvgIpc) is 2.16. The maximum atomic E-state index is 10.6. The molecule has 0 amide bonds. The molecule has 0 atom stereocenters. The summed E-state index contributed by atoms with van der Waals surface area (Å²) in [6, 6.07) is 6.50. The summed E-state index contributed by atoms with van der Waals surface area (Å²) in [4.78, 5) is 14.7. The van der Waals surface area contributed by atoms with Crippen molar-refractivity contribution in [1.29, 1.82) is 0 Å². The van der Waals surface area contributed by atoms with Crippen LogP contribution in [0.15, 0.2) is 34.9 Å². The summed E-state index contributed by atoms with van der Waals surface area (Å²) < 4.78 is 0.820. The standard InChI is InChI=1S/C10H6BrNO2.Li/c11-8-4-7-3-6(10(13)14)1-2-9(7)12-5-8;/h1-5H,(H,13,14);/q;+1/p-1. The number of rotatable bonds is 1. The van der Waals surface area contributed by atoms with E-state index in [1.165, 1.54) is 6.07 Å². The Kier molecular flexibility index (Phi) is 3.92. The van der Waals surface area contributed by atoms with Gasteiger partial charge in [0.2, 0.25) is 0 Å². The van der Waals surface area contributed by atoms with Crippen molar-refractivity contribution in [2.75, 3.05) is 0 Å². The van der Waals surface area contributed by atoms with Gasteiger partial charge in [-0.1, -0.05) is 6.07 Å². The molecular formula is C10H5BrLiNO2. The Morgan fingerprint density at radius 2 is 2.07 bits per heavy atom. The maximum absolute atomic E-state index is 10.6. The minimum atomic E-state index is -1.17. The summed E-state index contributed by atoms with van der Waals surface area (Å²) in [5.74, 6) is -1.17. The van der Waals surface area contributed by atoms with Crippen molar-refractivity contribution in [3.63, 3.8) is 0 Å². The van der Waals surface area contributed by atoms with Crippen LogP contribution in [0.25, 0.3) is 10.9 Å². The van der Waals surface area contributed by atoms with Gasteiger partial charge in [0.25, 0.3) is 0 Å². The second-order valence-electron chi connectivity index (χ2n) is 2.85. The van der Waals surface area contributed by atoms with Gasteiger partial charge in [-0.15, -0.1) is 0 Å². The largest absolute Gasteiger partial charge is 1.00 e. The van der Waals surface area contributed by atoms with E-state index in [0.717, 1.165) is 15.4 Å². The first-order chi connectivity index (χ1) is 6.66. The van der Waals surface area contributed by atoms with Gasteiger partial charge in [-0.2, -0.15) is 0 Å². The molecule has 0 bridgehead atoms. The molecule has 2 rings (SSSR count). The quantitative estimate of drug-likeness (QED) is 0.577. The van der Waals surface area contributed by atoms with Gasteiger partial charge < -0.3 is 9.90 Å². The Labute approximate surface area is 107 Å². The van der Waals surface area contributed by atoms with Crippen molar-refractivity contribution in [2.45, 2.75) is 0 Å². The summed E-state index contributed by atoms with van der Waals surface area (Å²) in [6.45, 7) is 0. The van der Waals surface area contributed by atoms with Crippen LogP contribution in [0, 0.1) is 0 Å². The summed E-state index contributed by atoms with van der Waals surface area (Å²) in [7, 11) is 0. The molecule has 0 spiro atoms. The number of aromatic nitrogens is 1. The van der Waals surface area contributed by atoms with Gasteiger partial charge in [0.1, 0.15) is 0 Å². The van der Waals surface area contributed by atoms with E-state index in [4.69, 9.17) is 0 Å². The minimum absolute atomic E-state index is 0. The van der Waals surface area contributed by atoms with Crippen molar-refractivity contribution in [3.8, 4) is 0 Å². The molecule has 1 aromatic heterocycles. The molecule has 0 saturated heterocycles. The molecule has 5 heteroatoms. The van der Waals surface area contributed by atoms with E-state index in [-0.39, 0.29) is 24.4 Å². The molecule has 0 fully saturated rings. The zero-order chi connectivity index (χ0) is 10.1. The molecule has 2 aromatic rings. The fourth-order valence-electron chi connectivity index (χ4n) is 1.23. The van der Waals surface area contributed by atoms with Crippen LogP contribution in [0.5, 0.6) is 0 Å². The Morgan fingerprint density at radius 1 is 1.33 bits per heavy atom. The predicted octanol–water partition coefficient (Wildman–Crippen LogP) is -1.64. The number of aromatic carboxylic acids is 1. The van der Waals surface area contributed by atoms with Crippen LogP contribution in [0.2, 0.25) is 0 Å². The van der Waals surface area contributed by atoms with E-state index in [1.807, 2.05) is 6.07 Å². The van der Waals surface area contributed by atoms with Crippen molar-refractivity contribution in [3.05, 3.63) is 40.5 Å². The zero-order valence-electron chi connectivity index (χ0n) is 8.03. The number of benzene rings is 1. The van der Waals surface area contributed by atoms with Gasteiger partial charge in [-0.05, 0) is 39.7 Å². The van der Waals surface area contributed by atoms with Crippen LogP contribution in [0.3, 0.4) is 0 Å². The Morgan fingerprint density at radius 3 is 2.73 bits per heavy atom. The fraction of sp³-hybridized carbons (Fsp3) is 0. The number of carbonyl (C=O) groups excluding carboxylic acids is 1. The zero-order valence-corrected chi connectivity index (χ0v) is 9.61. The number of pyridine rings is 1. The first kappa shape index (κ1) is 12.2. The molecule has 0 aliphatic heterocycles. The summed E-state index contributed by atoms with van der Waals surface area (Å²) in [6.07, 6.45) is 1.67. The van der Waals surface area contributed by atoms with Crippen LogP contribution < -0.4 is 24.0 Å². The topological polar surface area (TPSA) is 53.0 Å². The summed E-state index contributed by atoms with van der Waals surface area (Å²) in [5, 5.41) is 11.4. The van der Waals surface area contributed by atoms with E-state index in [0.29, 0.717) is 0 Å². The van der Waals surface area contributed by atoms with Crippen molar-refractivity contribution in [2.24, 2.45) is 0 Å². The van der Waals surface area contributed by atoms with E-state index in [9.17, 15) is 9.90 Å². The molecule has 70 valence electrons. The number of carbonyl (C=O) groups is 1. The Bertz CT molecular complexity index is 516.